The van der Waals surface area contributed by atoms with E-state index in [0.29, 0.717) is 29.6 Å². The number of aliphatic hydroxyl groups excluding tert-OH is 1. The summed E-state index contributed by atoms with van der Waals surface area (Å²) in [6.07, 6.45) is -3.71. The van der Waals surface area contributed by atoms with E-state index in [1.165, 1.54) is 25.8 Å². The van der Waals surface area contributed by atoms with Gasteiger partial charge in [-0.25, -0.2) is 9.78 Å². The van der Waals surface area contributed by atoms with E-state index in [9.17, 15) is 24.3 Å². The van der Waals surface area contributed by atoms with Crippen molar-refractivity contribution in [2.24, 2.45) is 23.7 Å². The van der Waals surface area contributed by atoms with Crippen molar-refractivity contribution in [2.45, 2.75) is 140 Å². The van der Waals surface area contributed by atoms with Crippen molar-refractivity contribution in [1.82, 2.24) is 14.8 Å². The van der Waals surface area contributed by atoms with E-state index in [-0.39, 0.29) is 37.3 Å². The number of likely N-dealkylation sites (N-methyl/N-ethyl adjacent to an activating group) is 1. The number of aromatic nitrogens is 1. The molecule has 3 aliphatic heterocycles. The third-order valence-electron chi connectivity index (χ3n) is 13.6. The minimum Gasteiger partial charge on any atom is -0.458 e. The Morgan fingerprint density at radius 2 is 1.56 bits per heavy atom. The van der Waals surface area contributed by atoms with Gasteiger partial charge >= 0.3 is 12.1 Å². The number of carbonyl (C=O) groups is 4. The molecule has 0 unspecified atom stereocenters. The molecule has 1 amide bonds. The van der Waals surface area contributed by atoms with Crippen LogP contribution in [0.15, 0.2) is 70.3 Å². The molecular formula is C49H67N3O11S. The molecule has 0 radical (unpaired) electrons. The van der Waals surface area contributed by atoms with Crippen LogP contribution in [0.4, 0.5) is 4.79 Å². The second-order valence-corrected chi connectivity index (χ2v) is 19.5. The molecule has 14 nitrogen and oxygen atoms in total. The number of esters is 1. The molecule has 0 saturated carbocycles. The van der Waals surface area contributed by atoms with E-state index in [1.54, 1.807) is 39.5 Å². The van der Waals surface area contributed by atoms with E-state index in [2.05, 4.69) is 0 Å². The zero-order valence-electron chi connectivity index (χ0n) is 39.1. The number of hydrogen-bond donors (Lipinski definition) is 1. The molecule has 4 heterocycles. The summed E-state index contributed by atoms with van der Waals surface area (Å²) >= 11 is 1.43. The highest BCUT2D eigenvalue weighted by Gasteiger charge is 2.60. The molecule has 2 aromatic carbocycles. The first-order valence-corrected chi connectivity index (χ1v) is 23.6. The maximum Gasteiger partial charge on any atom is 0.410 e. The van der Waals surface area contributed by atoms with Gasteiger partial charge in [0.15, 0.2) is 23.4 Å². The van der Waals surface area contributed by atoms with Crippen molar-refractivity contribution in [3.8, 4) is 22.6 Å². The van der Waals surface area contributed by atoms with E-state index in [0.717, 1.165) is 16.8 Å². The Hall–Kier alpha value is -4.12. The number of methoxy groups -OCH3 is 1. The van der Waals surface area contributed by atoms with Crippen molar-refractivity contribution >= 4 is 35.4 Å². The minimum absolute atomic E-state index is 0.113. The van der Waals surface area contributed by atoms with Gasteiger partial charge in [-0.15, -0.1) is 0 Å². The largest absolute Gasteiger partial charge is 0.458 e. The third-order valence-corrected chi connectivity index (χ3v) is 14.5. The third kappa shape index (κ3) is 10.1. The van der Waals surface area contributed by atoms with Crippen LogP contribution in [-0.4, -0.2) is 131 Å². The number of oxazole rings is 1. The average Bonchev–Trinajstić information content (AvgIpc) is 3.83. The summed E-state index contributed by atoms with van der Waals surface area (Å²) in [5, 5.41) is 12.0. The first-order valence-electron chi connectivity index (χ1n) is 22.6. The average molecular weight is 906 g/mol. The number of nitrogens with zero attached hydrogens (tertiary/aromatic N) is 3. The second kappa shape index (κ2) is 20.6. The summed E-state index contributed by atoms with van der Waals surface area (Å²) in [5.41, 5.74) is -0.168. The van der Waals surface area contributed by atoms with Gasteiger partial charge in [0.25, 0.3) is 5.22 Å². The van der Waals surface area contributed by atoms with E-state index in [1.807, 2.05) is 93.5 Å². The summed E-state index contributed by atoms with van der Waals surface area (Å²) in [6.45, 7) is 14.2. The molecule has 1 N–H and O–H groups in total. The zero-order chi connectivity index (χ0) is 46.7. The molecule has 3 saturated heterocycles. The van der Waals surface area contributed by atoms with Crippen molar-refractivity contribution in [3.05, 3.63) is 60.7 Å². The summed E-state index contributed by atoms with van der Waals surface area (Å²) in [5.74, 6) is -3.90. The van der Waals surface area contributed by atoms with Gasteiger partial charge < -0.3 is 43.0 Å². The quantitative estimate of drug-likeness (QED) is 0.0813. The van der Waals surface area contributed by atoms with Crippen LogP contribution in [-0.2, 0) is 38.1 Å². The van der Waals surface area contributed by atoms with Gasteiger partial charge in [-0.05, 0) is 67.5 Å². The maximum atomic E-state index is 14.8. The van der Waals surface area contributed by atoms with Crippen LogP contribution in [0.2, 0.25) is 0 Å². The monoisotopic (exact) mass is 905 g/mol. The summed E-state index contributed by atoms with van der Waals surface area (Å²) in [7, 11) is 5.24. The molecule has 0 spiro atoms. The smallest absolute Gasteiger partial charge is 0.410 e. The highest BCUT2D eigenvalue weighted by molar-refractivity contribution is 7.99. The number of thioether (sulfide) groups is 1. The lowest BCUT2D eigenvalue weighted by atomic mass is 9.73. The lowest BCUT2D eigenvalue weighted by molar-refractivity contribution is -0.295. The predicted octanol–water partition coefficient (Wildman–Crippen LogP) is 7.69. The first-order chi connectivity index (χ1) is 30.3. The van der Waals surface area contributed by atoms with E-state index >= 15 is 0 Å². The van der Waals surface area contributed by atoms with Crippen LogP contribution in [0, 0.1) is 23.7 Å². The van der Waals surface area contributed by atoms with Gasteiger partial charge in [0.2, 0.25) is 0 Å². The molecule has 3 aliphatic rings. The number of carbonyl (C=O) groups excluding carboxylic acids is 4. The normalized spacial score (nSPS) is 34.3. The van der Waals surface area contributed by atoms with Gasteiger partial charge in [-0.3, -0.25) is 14.4 Å². The summed E-state index contributed by atoms with van der Waals surface area (Å²) in [6, 6.07) is 18.5. The van der Waals surface area contributed by atoms with Crippen LogP contribution in [0.1, 0.15) is 81.1 Å². The summed E-state index contributed by atoms with van der Waals surface area (Å²) < 4.78 is 37.7. The van der Waals surface area contributed by atoms with E-state index < -0.39 is 83.4 Å². The highest BCUT2D eigenvalue weighted by Crippen LogP contribution is 2.44. The van der Waals surface area contributed by atoms with Gasteiger partial charge in [-0.1, -0.05) is 100 Å². The number of cyclic esters (lactones) is 1. The Kier molecular flexibility index (Phi) is 15.9. The van der Waals surface area contributed by atoms with Crippen LogP contribution in [0.25, 0.3) is 22.6 Å². The molecule has 64 heavy (non-hydrogen) atoms. The molecule has 1 aromatic heterocycles. The van der Waals surface area contributed by atoms with Crippen LogP contribution < -0.4 is 0 Å². The van der Waals surface area contributed by atoms with Crippen LogP contribution in [0.5, 0.6) is 0 Å². The molecule has 3 aromatic rings. The zero-order valence-corrected chi connectivity index (χ0v) is 40.0. The number of rotatable bonds is 12. The topological polar surface area (TPSA) is 167 Å². The molecule has 15 heteroatoms. The fourth-order valence-corrected chi connectivity index (χ4v) is 10.8. The van der Waals surface area contributed by atoms with Crippen LogP contribution in [0.3, 0.4) is 0 Å². The minimum atomic E-state index is -1.44. The molecule has 6 rings (SSSR count). The lowest BCUT2D eigenvalue weighted by Gasteiger charge is -2.47. The van der Waals surface area contributed by atoms with Crippen LogP contribution >= 0.6 is 11.8 Å². The molecule has 350 valence electrons. The molecule has 13 atom stereocenters. The van der Waals surface area contributed by atoms with Gasteiger partial charge in [0.1, 0.15) is 29.6 Å². The van der Waals surface area contributed by atoms with Crippen molar-refractivity contribution in [2.75, 3.05) is 33.5 Å². The Balaban J connectivity index is 1.28. The van der Waals surface area contributed by atoms with Crippen molar-refractivity contribution in [1.29, 1.82) is 0 Å². The number of fused-ring (bicyclic) bond motifs is 1. The van der Waals surface area contributed by atoms with E-state index in [4.69, 9.17) is 33.1 Å². The van der Waals surface area contributed by atoms with Gasteiger partial charge in [0.05, 0.1) is 23.9 Å². The molecular weight excluding hydrogens is 839 g/mol. The number of amides is 1. The maximum absolute atomic E-state index is 14.8. The number of aliphatic hydroxyl groups is 1. The van der Waals surface area contributed by atoms with Crippen molar-refractivity contribution < 1.29 is 52.4 Å². The number of Topliss-reactive ketones (excluding diaryl/α,β-unsaturated/α-hetero) is 2. The lowest BCUT2D eigenvalue weighted by Crippen LogP contribution is -2.60. The predicted molar refractivity (Wildman–Crippen MR) is 242 cm³/mol. The number of hydrogen-bond acceptors (Lipinski definition) is 14. The fraction of sp³-hybridized carbons (Fsp3) is 0.612. The standard InChI is InChI=1S/C49H67N3O11S/c1-12-36-49(8)42(52(47(57)63-49)24-19-25-64-46-50-37(33-20-15-13-16-21-33)41(61-46)34-22-17-14-18-23-34)30(4)38(53)28(2)27-48(7,58-11)43(31(5)39(54)32(6)44(56)60-36)62-45-40(55)35(51(9)10)26-29(3)59-45/h13-18,20-23,28-32,35-36,40,42-43,45,55H,12,19,24-27H2,1-11H3/t28-,29-,30+,31+,32-,35+,36-,40-,42-,43-,45+,48+,49-/m1/s1. The van der Waals surface area contributed by atoms with Gasteiger partial charge in [-0.2, -0.15) is 0 Å². The highest BCUT2D eigenvalue weighted by atomic mass is 32.2. The number of ketones is 2. The Morgan fingerprint density at radius 1 is 0.922 bits per heavy atom. The molecule has 0 bridgehead atoms. The molecule has 3 fully saturated rings. The Labute approximate surface area is 382 Å². The SMILES string of the molecule is CC[C@H]1OC(=O)[C@H](C)C(=O)[C@H](C)[C@@H](O[C@@H]2O[C@H](C)C[C@H](N(C)C)[C@H]2O)[C@@](C)(OC)C[C@@H](C)C(=O)[C@H](C)[C@H]2N(CCCSc3nc(-c4ccccc4)c(-c4ccccc4)o3)C(=O)O[C@]12C. The fourth-order valence-electron chi connectivity index (χ4n) is 10.0. The van der Waals surface area contributed by atoms with Crippen molar-refractivity contribution in [3.63, 3.8) is 0 Å². The first kappa shape index (κ1) is 49.3. The number of benzene rings is 2. The second-order valence-electron chi connectivity index (χ2n) is 18.5. The van der Waals surface area contributed by atoms with Gasteiger partial charge in [0, 0.05) is 54.3 Å². The molecule has 0 aliphatic carbocycles. The summed E-state index contributed by atoms with van der Waals surface area (Å²) in [4.78, 5) is 65.7. The number of ether oxygens (including phenoxy) is 5. The Morgan fingerprint density at radius 3 is 2.17 bits per heavy atom. The Bertz CT molecular complexity index is 2030.